The number of ketones is 1. The predicted octanol–water partition coefficient (Wildman–Crippen LogP) is 2.14. The summed E-state index contributed by atoms with van der Waals surface area (Å²) in [5.74, 6) is -0.170. The maximum atomic E-state index is 12.7. The molecule has 0 spiro atoms. The zero-order chi connectivity index (χ0) is 16.2. The number of Topliss-reactive ketones (excluding diaryl/α,β-unsaturated/α-hetero) is 1. The first kappa shape index (κ1) is 15.0. The van der Waals surface area contributed by atoms with Gasteiger partial charge in [-0.1, -0.05) is 48.5 Å². The second-order valence-corrected chi connectivity index (χ2v) is 5.36. The number of rotatable bonds is 4. The average Bonchev–Trinajstić information content (AvgIpc) is 2.58. The van der Waals surface area contributed by atoms with Crippen molar-refractivity contribution in [3.05, 3.63) is 66.2 Å². The fourth-order valence-corrected chi connectivity index (χ4v) is 2.46. The highest BCUT2D eigenvalue weighted by Crippen LogP contribution is 2.18. The molecule has 0 fully saturated rings. The molecular weight excluding hydrogens is 290 g/mol. The Hall–Kier alpha value is -2.95. The quantitative estimate of drug-likeness (QED) is 0.941. The molecule has 5 nitrogen and oxygen atoms in total. The number of hydrogen-bond donors (Lipinski definition) is 1. The minimum atomic E-state index is -0.613. The third-order valence-electron chi connectivity index (χ3n) is 3.63. The second kappa shape index (κ2) is 6.44. The van der Waals surface area contributed by atoms with Crippen molar-refractivity contribution in [1.29, 1.82) is 0 Å². The van der Waals surface area contributed by atoms with Gasteiger partial charge in [0.15, 0.2) is 11.6 Å². The fourth-order valence-electron chi connectivity index (χ4n) is 2.46. The number of hydrogen-bond acceptors (Lipinski definition) is 4. The van der Waals surface area contributed by atoms with E-state index in [0.29, 0.717) is 12.1 Å². The van der Waals surface area contributed by atoms with Crippen LogP contribution in [0.4, 0.5) is 5.69 Å². The highest BCUT2D eigenvalue weighted by atomic mass is 16.2. The lowest BCUT2D eigenvalue weighted by Gasteiger charge is -2.31. The van der Waals surface area contributed by atoms with Crippen LogP contribution in [0.2, 0.25) is 0 Å². The number of nitrogens with one attached hydrogen (secondary N) is 1. The van der Waals surface area contributed by atoms with Gasteiger partial charge in [0.25, 0.3) is 5.91 Å². The smallest absolute Gasteiger partial charge is 0.270 e. The van der Waals surface area contributed by atoms with Gasteiger partial charge in [0.2, 0.25) is 0 Å². The van der Waals surface area contributed by atoms with Gasteiger partial charge < -0.3 is 0 Å². The lowest BCUT2D eigenvalue weighted by molar-refractivity contribution is -0.120. The third-order valence-corrected chi connectivity index (χ3v) is 3.63. The number of carbonyl (C=O) groups excluding carboxylic acids is 2. The number of benzene rings is 2. The van der Waals surface area contributed by atoms with Crippen LogP contribution in [-0.4, -0.2) is 23.6 Å². The van der Waals surface area contributed by atoms with Crippen molar-refractivity contribution < 1.29 is 9.59 Å². The van der Waals surface area contributed by atoms with Crippen LogP contribution in [0.15, 0.2) is 65.7 Å². The number of hydrazine groups is 1. The normalized spacial score (nSPS) is 17.4. The highest BCUT2D eigenvalue weighted by molar-refractivity contribution is 6.39. The summed E-state index contributed by atoms with van der Waals surface area (Å²) in [6.07, 6.45) is 0.460. The second-order valence-electron chi connectivity index (χ2n) is 5.36. The van der Waals surface area contributed by atoms with Crippen molar-refractivity contribution in [3.8, 4) is 0 Å². The van der Waals surface area contributed by atoms with E-state index in [0.717, 1.165) is 5.56 Å². The molecule has 3 rings (SSSR count). The summed E-state index contributed by atoms with van der Waals surface area (Å²) in [7, 11) is 0. The molecule has 0 unspecified atom stereocenters. The monoisotopic (exact) mass is 307 g/mol. The van der Waals surface area contributed by atoms with Gasteiger partial charge in [0.1, 0.15) is 6.04 Å². The first-order valence-electron chi connectivity index (χ1n) is 7.43. The van der Waals surface area contributed by atoms with Crippen LogP contribution in [0.1, 0.15) is 12.5 Å². The number of para-hydroxylation sites is 1. The van der Waals surface area contributed by atoms with E-state index in [9.17, 15) is 9.59 Å². The highest BCUT2D eigenvalue weighted by Gasteiger charge is 2.32. The maximum absolute atomic E-state index is 12.7. The summed E-state index contributed by atoms with van der Waals surface area (Å²) in [6, 6.07) is 18.2. The Kier molecular flexibility index (Phi) is 4.19. The Bertz CT molecular complexity index is 741. The number of carbonyl (C=O) groups is 2. The van der Waals surface area contributed by atoms with Crippen molar-refractivity contribution in [2.45, 2.75) is 19.4 Å². The molecule has 0 saturated carbocycles. The molecular formula is C18H17N3O2. The largest absolute Gasteiger partial charge is 0.291 e. The molecule has 0 saturated heterocycles. The molecule has 116 valence electrons. The SMILES string of the molecule is CC(=O)C1=N[C@H](Cc2ccccc2)C(=O)N(c2ccccc2)N1. The van der Waals surface area contributed by atoms with Crippen LogP contribution in [0.3, 0.4) is 0 Å². The standard InChI is InChI=1S/C18H17N3O2/c1-13(22)17-19-16(12-14-8-4-2-5-9-14)18(23)21(20-17)15-10-6-3-7-11-15/h2-11,16H,12H2,1H3,(H,19,20)/t16-/m1/s1. The lowest BCUT2D eigenvalue weighted by Crippen LogP contribution is -2.56. The maximum Gasteiger partial charge on any atom is 0.270 e. The van der Waals surface area contributed by atoms with Gasteiger partial charge in [-0.05, 0) is 17.7 Å². The zero-order valence-electron chi connectivity index (χ0n) is 12.8. The number of nitrogens with zero attached hydrogens (tertiary/aromatic N) is 2. The van der Waals surface area contributed by atoms with Crippen molar-refractivity contribution >= 4 is 23.2 Å². The van der Waals surface area contributed by atoms with Gasteiger partial charge >= 0.3 is 0 Å². The molecule has 0 aromatic heterocycles. The van der Waals surface area contributed by atoms with Gasteiger partial charge in [-0.3, -0.25) is 20.0 Å². The molecule has 2 aromatic rings. The number of amides is 1. The summed E-state index contributed by atoms with van der Waals surface area (Å²) >= 11 is 0. The molecule has 1 aliphatic rings. The number of amidine groups is 1. The van der Waals surface area contributed by atoms with E-state index >= 15 is 0 Å². The molecule has 0 bridgehead atoms. The molecule has 1 amide bonds. The van der Waals surface area contributed by atoms with Crippen molar-refractivity contribution in [2.75, 3.05) is 5.01 Å². The Balaban J connectivity index is 1.92. The van der Waals surface area contributed by atoms with Gasteiger partial charge in [-0.15, -0.1) is 0 Å². The van der Waals surface area contributed by atoms with E-state index in [2.05, 4.69) is 10.4 Å². The average molecular weight is 307 g/mol. The molecule has 0 aliphatic carbocycles. The molecule has 1 N–H and O–H groups in total. The summed E-state index contributed by atoms with van der Waals surface area (Å²) in [5, 5.41) is 1.40. The minimum Gasteiger partial charge on any atom is -0.291 e. The van der Waals surface area contributed by atoms with E-state index < -0.39 is 6.04 Å². The number of aliphatic imine (C=N–C) groups is 1. The van der Waals surface area contributed by atoms with Crippen LogP contribution in [0, 0.1) is 0 Å². The summed E-state index contributed by atoms with van der Waals surface area (Å²) in [4.78, 5) is 28.8. The molecule has 5 heteroatoms. The van der Waals surface area contributed by atoms with Crippen molar-refractivity contribution in [1.82, 2.24) is 5.43 Å². The van der Waals surface area contributed by atoms with E-state index in [1.165, 1.54) is 11.9 Å². The van der Waals surface area contributed by atoms with Crippen molar-refractivity contribution in [3.63, 3.8) is 0 Å². The van der Waals surface area contributed by atoms with E-state index in [1.54, 1.807) is 0 Å². The summed E-state index contributed by atoms with van der Waals surface area (Å²) < 4.78 is 0. The summed E-state index contributed by atoms with van der Waals surface area (Å²) in [5.41, 5.74) is 4.51. The lowest BCUT2D eigenvalue weighted by atomic mass is 10.0. The summed E-state index contributed by atoms with van der Waals surface area (Å²) in [6.45, 7) is 1.43. The Morgan fingerprint density at radius 1 is 1.09 bits per heavy atom. The Morgan fingerprint density at radius 2 is 1.70 bits per heavy atom. The van der Waals surface area contributed by atoms with Crippen LogP contribution in [0.25, 0.3) is 0 Å². The molecule has 0 radical (unpaired) electrons. The van der Waals surface area contributed by atoms with Crippen LogP contribution in [0.5, 0.6) is 0 Å². The minimum absolute atomic E-state index is 0.176. The van der Waals surface area contributed by atoms with Gasteiger partial charge in [-0.25, -0.2) is 5.01 Å². The van der Waals surface area contributed by atoms with Gasteiger partial charge in [0, 0.05) is 13.3 Å². The third kappa shape index (κ3) is 3.29. The zero-order valence-corrected chi connectivity index (χ0v) is 12.8. The van der Waals surface area contributed by atoms with Crippen LogP contribution >= 0.6 is 0 Å². The fraction of sp³-hybridized carbons (Fsp3) is 0.167. The van der Waals surface area contributed by atoms with E-state index in [4.69, 9.17) is 0 Å². The number of anilines is 1. The Morgan fingerprint density at radius 3 is 2.30 bits per heavy atom. The first-order valence-corrected chi connectivity index (χ1v) is 7.43. The molecule has 1 heterocycles. The van der Waals surface area contributed by atoms with Crippen LogP contribution in [-0.2, 0) is 16.0 Å². The molecule has 23 heavy (non-hydrogen) atoms. The van der Waals surface area contributed by atoms with E-state index in [1.807, 2.05) is 60.7 Å². The van der Waals surface area contributed by atoms with Crippen molar-refractivity contribution in [2.24, 2.45) is 4.99 Å². The molecule has 2 aromatic carbocycles. The molecule has 1 atom stereocenters. The predicted molar refractivity (Wildman–Crippen MR) is 89.1 cm³/mol. The van der Waals surface area contributed by atoms with E-state index in [-0.39, 0.29) is 17.5 Å². The van der Waals surface area contributed by atoms with Gasteiger partial charge in [0.05, 0.1) is 5.69 Å². The van der Waals surface area contributed by atoms with Gasteiger partial charge in [-0.2, -0.15) is 0 Å². The topological polar surface area (TPSA) is 61.8 Å². The van der Waals surface area contributed by atoms with Crippen LogP contribution < -0.4 is 10.4 Å². The molecule has 1 aliphatic heterocycles. The first-order chi connectivity index (χ1) is 11.1. The Labute approximate surface area is 134 Å².